The molecule has 0 saturated carbocycles. The number of barbiturate groups is 1. The van der Waals surface area contributed by atoms with Crippen LogP contribution >= 0.6 is 15.9 Å². The number of nitrogens with one attached hydrogen (secondary N) is 1. The van der Waals surface area contributed by atoms with E-state index >= 15 is 0 Å². The summed E-state index contributed by atoms with van der Waals surface area (Å²) in [7, 11) is 1.46. The van der Waals surface area contributed by atoms with E-state index in [1.807, 2.05) is 48.5 Å². The number of non-ortho nitro benzene ring substituents is 1. The molecule has 12 heteroatoms. The van der Waals surface area contributed by atoms with Gasteiger partial charge in [0.2, 0.25) is 0 Å². The Labute approximate surface area is 325 Å². The number of carbonyl (C=O) groups excluding carboxylic acids is 3. The van der Waals surface area contributed by atoms with Gasteiger partial charge in [0, 0.05) is 42.7 Å². The molecule has 0 bridgehead atoms. The van der Waals surface area contributed by atoms with E-state index in [-0.39, 0.29) is 29.7 Å². The van der Waals surface area contributed by atoms with Crippen LogP contribution in [0, 0.1) is 10.1 Å². The highest BCUT2D eigenvalue weighted by Gasteiger charge is 2.40. The zero-order valence-corrected chi connectivity index (χ0v) is 31.3. The number of ether oxygens (including phenoxy) is 2. The summed E-state index contributed by atoms with van der Waals surface area (Å²) in [6, 6.07) is 33.0. The molecule has 3 aliphatic heterocycles. The molecule has 5 aromatic rings. The van der Waals surface area contributed by atoms with Crippen LogP contribution in [0.1, 0.15) is 58.1 Å². The van der Waals surface area contributed by atoms with Crippen molar-refractivity contribution >= 4 is 56.9 Å². The Kier molecular flexibility index (Phi) is 9.66. The van der Waals surface area contributed by atoms with Crippen LogP contribution in [0.15, 0.2) is 119 Å². The minimum absolute atomic E-state index is 0.0258. The minimum Gasteiger partial charge on any atom is -0.493 e. The number of hydrogen-bond acceptors (Lipinski definition) is 8. The van der Waals surface area contributed by atoms with Crippen molar-refractivity contribution in [2.75, 3.05) is 30.0 Å². The zero-order valence-electron chi connectivity index (χ0n) is 29.7. The third-order valence-corrected chi connectivity index (χ3v) is 11.0. The first-order valence-corrected chi connectivity index (χ1v) is 18.7. The lowest BCUT2D eigenvalue weighted by atomic mass is 9.76. The number of carbonyl (C=O) groups is 3. The van der Waals surface area contributed by atoms with E-state index in [1.54, 1.807) is 24.3 Å². The fourth-order valence-corrected chi connectivity index (χ4v) is 8.43. The van der Waals surface area contributed by atoms with Crippen LogP contribution in [0.2, 0.25) is 0 Å². The van der Waals surface area contributed by atoms with Crippen molar-refractivity contribution in [1.29, 1.82) is 0 Å². The molecule has 4 amide bonds. The van der Waals surface area contributed by atoms with E-state index in [0.29, 0.717) is 32.8 Å². The summed E-state index contributed by atoms with van der Waals surface area (Å²) in [5, 5.41) is 13.4. The Morgan fingerprint density at radius 1 is 0.855 bits per heavy atom. The number of hydrogen-bond donors (Lipinski definition) is 1. The molecular weight excluding hydrogens is 764 g/mol. The number of imide groups is 2. The third kappa shape index (κ3) is 6.85. The lowest BCUT2D eigenvalue weighted by molar-refractivity contribution is -0.384. The summed E-state index contributed by atoms with van der Waals surface area (Å²) in [4.78, 5) is 55.4. The molecular formula is C43H35BrN4O7. The van der Waals surface area contributed by atoms with Crippen molar-refractivity contribution in [3.63, 3.8) is 0 Å². The SMILES string of the molecule is COc1cc(/C=C2\C(=O)NC(=O)N(c3cc4c5c(c3)[C@H](c3ccccc3)CCN5CC[C@H]4c3ccccc3)C2=O)cc(Br)c1OCc1ccc([N+](=O)[O-])cc1. The fourth-order valence-electron chi connectivity index (χ4n) is 7.86. The van der Waals surface area contributed by atoms with Crippen LogP contribution in [0.25, 0.3) is 6.08 Å². The van der Waals surface area contributed by atoms with Gasteiger partial charge in [-0.3, -0.25) is 25.0 Å². The van der Waals surface area contributed by atoms with Crippen molar-refractivity contribution in [2.45, 2.75) is 31.3 Å². The van der Waals surface area contributed by atoms with Gasteiger partial charge in [0.25, 0.3) is 17.5 Å². The number of nitro groups is 1. The lowest BCUT2D eigenvalue weighted by Crippen LogP contribution is -2.54. The first-order chi connectivity index (χ1) is 26.7. The van der Waals surface area contributed by atoms with E-state index in [2.05, 4.69) is 50.4 Å². The number of nitrogens with zero attached hydrogens (tertiary/aromatic N) is 3. The first-order valence-electron chi connectivity index (χ1n) is 17.9. The summed E-state index contributed by atoms with van der Waals surface area (Å²) in [6.45, 7) is 1.89. The summed E-state index contributed by atoms with van der Waals surface area (Å²) in [6.07, 6.45) is 3.18. The van der Waals surface area contributed by atoms with Crippen molar-refractivity contribution in [3.8, 4) is 11.5 Å². The van der Waals surface area contributed by atoms with E-state index in [1.165, 1.54) is 25.3 Å². The van der Waals surface area contributed by atoms with Gasteiger partial charge in [-0.1, -0.05) is 60.7 Å². The van der Waals surface area contributed by atoms with Gasteiger partial charge in [0.15, 0.2) is 11.5 Å². The van der Waals surface area contributed by atoms with Crippen LogP contribution in [0.3, 0.4) is 0 Å². The van der Waals surface area contributed by atoms with Crippen LogP contribution in [-0.2, 0) is 16.2 Å². The highest BCUT2D eigenvalue weighted by Crippen LogP contribution is 2.50. The van der Waals surface area contributed by atoms with E-state index in [9.17, 15) is 24.5 Å². The predicted molar refractivity (Wildman–Crippen MR) is 212 cm³/mol. The monoisotopic (exact) mass is 798 g/mol. The Morgan fingerprint density at radius 2 is 1.45 bits per heavy atom. The maximum absolute atomic E-state index is 14.4. The van der Waals surface area contributed by atoms with Gasteiger partial charge in [-0.2, -0.15) is 0 Å². The largest absolute Gasteiger partial charge is 0.493 e. The maximum Gasteiger partial charge on any atom is 0.335 e. The van der Waals surface area contributed by atoms with E-state index < -0.39 is 22.8 Å². The molecule has 8 rings (SSSR count). The van der Waals surface area contributed by atoms with Crippen LogP contribution < -0.4 is 24.6 Å². The normalized spacial score (nSPS) is 18.5. The molecule has 55 heavy (non-hydrogen) atoms. The number of rotatable bonds is 9. The smallest absolute Gasteiger partial charge is 0.335 e. The third-order valence-electron chi connectivity index (χ3n) is 10.5. The number of amides is 4. The van der Waals surface area contributed by atoms with Gasteiger partial charge in [-0.05, 0) is 105 Å². The topological polar surface area (TPSA) is 131 Å². The molecule has 1 saturated heterocycles. The number of anilines is 2. The van der Waals surface area contributed by atoms with Gasteiger partial charge in [-0.15, -0.1) is 0 Å². The molecule has 1 N–H and O–H groups in total. The number of methoxy groups -OCH3 is 1. The molecule has 3 aliphatic rings. The number of halogens is 1. The van der Waals surface area contributed by atoms with Gasteiger partial charge in [0.1, 0.15) is 12.2 Å². The predicted octanol–water partition coefficient (Wildman–Crippen LogP) is 8.49. The number of benzene rings is 5. The van der Waals surface area contributed by atoms with Gasteiger partial charge < -0.3 is 14.4 Å². The van der Waals surface area contributed by atoms with Gasteiger partial charge in [0.05, 0.1) is 22.2 Å². The van der Waals surface area contributed by atoms with Crippen molar-refractivity contribution in [2.24, 2.45) is 0 Å². The second kappa shape index (κ2) is 14.9. The van der Waals surface area contributed by atoms with Crippen molar-refractivity contribution in [1.82, 2.24) is 5.32 Å². The quantitative estimate of drug-likeness (QED) is 0.0680. The average Bonchev–Trinajstić information content (AvgIpc) is 3.20. The average molecular weight is 800 g/mol. The molecule has 3 heterocycles. The zero-order chi connectivity index (χ0) is 38.2. The first kappa shape index (κ1) is 35.7. The fraction of sp³-hybridized carbons (Fsp3) is 0.186. The van der Waals surface area contributed by atoms with Crippen LogP contribution in [0.4, 0.5) is 21.9 Å². The molecule has 0 radical (unpaired) electrons. The van der Waals surface area contributed by atoms with Crippen molar-refractivity contribution in [3.05, 3.63) is 163 Å². The molecule has 276 valence electrons. The second-order valence-electron chi connectivity index (χ2n) is 13.7. The van der Waals surface area contributed by atoms with E-state index in [0.717, 1.165) is 58.8 Å². The summed E-state index contributed by atoms with van der Waals surface area (Å²) >= 11 is 3.53. The van der Waals surface area contributed by atoms with Crippen LogP contribution in [0.5, 0.6) is 11.5 Å². The summed E-state index contributed by atoms with van der Waals surface area (Å²) in [5.41, 5.74) is 6.86. The Balaban J connectivity index is 1.16. The second-order valence-corrected chi connectivity index (χ2v) is 14.5. The molecule has 0 aliphatic carbocycles. The standard InChI is InChI=1S/C43H35BrN4O7/c1-54-38-22-27(21-37(44)40(38)55-25-26-12-14-30(15-13-26)48(52)53)20-36-41(49)45-43(51)47(42(36)50)31-23-34-32(28-8-4-2-5-9-28)16-18-46-19-17-33(35(24-31)39(34)46)29-10-6-3-7-11-29/h2-15,20-24,32-33H,16-19,25H2,1H3,(H,45,49,51)/b36-20+/t32-,33-/m0/s1. The van der Waals surface area contributed by atoms with E-state index in [4.69, 9.17) is 9.47 Å². The maximum atomic E-state index is 14.4. The highest BCUT2D eigenvalue weighted by molar-refractivity contribution is 9.10. The van der Waals surface area contributed by atoms with Crippen LogP contribution in [-0.4, -0.2) is 43.0 Å². The van der Waals surface area contributed by atoms with Gasteiger partial charge in [-0.25, -0.2) is 9.69 Å². The molecule has 0 unspecified atom stereocenters. The molecule has 0 spiro atoms. The summed E-state index contributed by atoms with van der Waals surface area (Å²) in [5.74, 6) is -0.785. The molecule has 5 aromatic carbocycles. The Morgan fingerprint density at radius 3 is 2.02 bits per heavy atom. The molecule has 2 atom stereocenters. The molecule has 1 fully saturated rings. The van der Waals surface area contributed by atoms with Gasteiger partial charge >= 0.3 is 6.03 Å². The molecule has 11 nitrogen and oxygen atoms in total. The number of urea groups is 1. The molecule has 0 aromatic heterocycles. The lowest BCUT2D eigenvalue weighted by Gasteiger charge is -2.44. The Hall–Kier alpha value is -6.27. The summed E-state index contributed by atoms with van der Waals surface area (Å²) < 4.78 is 12.1. The Bertz CT molecular complexity index is 2290. The number of nitro benzene ring substituents is 1. The highest BCUT2D eigenvalue weighted by atomic mass is 79.9. The van der Waals surface area contributed by atoms with Crippen molar-refractivity contribution < 1.29 is 28.8 Å². The minimum atomic E-state index is -0.816.